The van der Waals surface area contributed by atoms with E-state index in [0.29, 0.717) is 0 Å². The first-order valence-electron chi connectivity index (χ1n) is 5.96. The molecule has 0 fully saturated rings. The number of carboxylic acid groups (broad SMARTS) is 1. The monoisotopic (exact) mass is 333 g/mol. The Bertz CT molecular complexity index is 682. The number of carboxylic acids is 1. The highest BCUT2D eigenvalue weighted by atomic mass is 35.5. The van der Waals surface area contributed by atoms with Gasteiger partial charge in [-0.25, -0.2) is 8.42 Å². The first-order valence-corrected chi connectivity index (χ1v) is 8.23. The van der Waals surface area contributed by atoms with Gasteiger partial charge in [-0.1, -0.05) is 11.6 Å². The molecular weight excluding hydrogens is 318 g/mol. The van der Waals surface area contributed by atoms with Crippen LogP contribution < -0.4 is 5.32 Å². The smallest absolute Gasteiger partial charge is 0.309 e. The van der Waals surface area contributed by atoms with Crippen molar-refractivity contribution >= 4 is 39.0 Å². The van der Waals surface area contributed by atoms with Gasteiger partial charge in [0.05, 0.1) is 21.0 Å². The number of sulfone groups is 1. The first kappa shape index (κ1) is 17.5. The van der Waals surface area contributed by atoms with E-state index in [0.717, 1.165) is 6.26 Å². The molecule has 0 atom stereocenters. The lowest BCUT2D eigenvalue weighted by atomic mass is 9.89. The number of hydrogen-bond donors (Lipinski definition) is 2. The van der Waals surface area contributed by atoms with Crippen molar-refractivity contribution in [1.29, 1.82) is 0 Å². The second kappa shape index (κ2) is 6.03. The third-order valence-electron chi connectivity index (χ3n) is 2.82. The highest BCUT2D eigenvalue weighted by Gasteiger charge is 2.30. The molecule has 116 valence electrons. The molecule has 0 aromatic heterocycles. The van der Waals surface area contributed by atoms with Crippen LogP contribution >= 0.6 is 11.6 Å². The van der Waals surface area contributed by atoms with E-state index < -0.39 is 27.1 Å². The number of benzene rings is 1. The molecule has 21 heavy (non-hydrogen) atoms. The first-order chi connectivity index (χ1) is 9.43. The predicted molar refractivity (Wildman–Crippen MR) is 79.2 cm³/mol. The fourth-order valence-corrected chi connectivity index (χ4v) is 2.31. The van der Waals surface area contributed by atoms with E-state index in [9.17, 15) is 18.0 Å². The van der Waals surface area contributed by atoms with Crippen LogP contribution in [-0.2, 0) is 19.4 Å². The van der Waals surface area contributed by atoms with Crippen LogP contribution in [-0.4, -0.2) is 31.7 Å². The molecular formula is C13H16ClNO5S. The highest BCUT2D eigenvalue weighted by molar-refractivity contribution is 7.90. The number of nitrogens with one attached hydrogen (secondary N) is 1. The number of aliphatic carboxylic acids is 1. The zero-order chi connectivity index (χ0) is 16.4. The lowest BCUT2D eigenvalue weighted by molar-refractivity contribution is -0.148. The third-order valence-corrected chi connectivity index (χ3v) is 4.26. The van der Waals surface area contributed by atoms with Gasteiger partial charge >= 0.3 is 5.97 Å². The number of rotatable bonds is 5. The molecule has 0 unspecified atom stereocenters. The fraction of sp³-hybridized carbons (Fsp3) is 0.385. The molecule has 1 amide bonds. The fourth-order valence-electron chi connectivity index (χ4n) is 1.50. The van der Waals surface area contributed by atoms with Crippen LogP contribution in [0.15, 0.2) is 23.1 Å². The second-order valence-electron chi connectivity index (χ2n) is 5.33. The SMILES string of the molecule is CC(C)(CC(=O)Nc1cc(S(C)(=O)=O)ccc1Cl)C(=O)O. The van der Waals surface area contributed by atoms with Gasteiger partial charge < -0.3 is 10.4 Å². The molecule has 1 rings (SSSR count). The maximum Gasteiger partial charge on any atom is 0.309 e. The summed E-state index contributed by atoms with van der Waals surface area (Å²) in [4.78, 5) is 22.9. The van der Waals surface area contributed by atoms with Gasteiger partial charge in [0.15, 0.2) is 9.84 Å². The molecule has 0 saturated heterocycles. The minimum atomic E-state index is -3.43. The van der Waals surface area contributed by atoms with Crippen molar-refractivity contribution in [3.8, 4) is 0 Å². The minimum absolute atomic E-state index is 0.0136. The van der Waals surface area contributed by atoms with E-state index in [1.54, 1.807) is 0 Å². The summed E-state index contributed by atoms with van der Waals surface area (Å²) in [5, 5.41) is 11.6. The average Bonchev–Trinajstić information content (AvgIpc) is 2.29. The molecule has 0 aliphatic heterocycles. The van der Waals surface area contributed by atoms with Crippen molar-refractivity contribution in [3.63, 3.8) is 0 Å². The summed E-state index contributed by atoms with van der Waals surface area (Å²) >= 11 is 5.90. The van der Waals surface area contributed by atoms with Gasteiger partial charge in [0.2, 0.25) is 5.91 Å². The molecule has 1 aromatic carbocycles. The van der Waals surface area contributed by atoms with Gasteiger partial charge in [0.1, 0.15) is 0 Å². The van der Waals surface area contributed by atoms with Crippen molar-refractivity contribution < 1.29 is 23.1 Å². The number of halogens is 1. The molecule has 1 aromatic rings. The Morgan fingerprint density at radius 3 is 2.38 bits per heavy atom. The molecule has 0 radical (unpaired) electrons. The van der Waals surface area contributed by atoms with Crippen LogP contribution in [0.1, 0.15) is 20.3 Å². The molecule has 0 saturated carbocycles. The molecule has 0 spiro atoms. The molecule has 2 N–H and O–H groups in total. The topological polar surface area (TPSA) is 101 Å². The zero-order valence-corrected chi connectivity index (χ0v) is 13.4. The van der Waals surface area contributed by atoms with Crippen molar-refractivity contribution in [2.75, 3.05) is 11.6 Å². The Labute approximate surface area is 128 Å². The summed E-state index contributed by atoms with van der Waals surface area (Å²) < 4.78 is 22.9. The number of carbonyl (C=O) groups is 2. The Balaban J connectivity index is 2.98. The van der Waals surface area contributed by atoms with Crippen LogP contribution in [0.5, 0.6) is 0 Å². The van der Waals surface area contributed by atoms with Crippen LogP contribution in [0, 0.1) is 5.41 Å². The van der Waals surface area contributed by atoms with Crippen LogP contribution in [0.4, 0.5) is 5.69 Å². The summed E-state index contributed by atoms with van der Waals surface area (Å²) in [5.41, 5.74) is -1.10. The van der Waals surface area contributed by atoms with Crippen molar-refractivity contribution in [1.82, 2.24) is 0 Å². The summed E-state index contributed by atoms with van der Waals surface area (Å²) in [6.07, 6.45) is 0.775. The van der Waals surface area contributed by atoms with Gasteiger partial charge in [-0.15, -0.1) is 0 Å². The van der Waals surface area contributed by atoms with E-state index in [4.69, 9.17) is 16.7 Å². The van der Waals surface area contributed by atoms with E-state index in [1.807, 2.05) is 0 Å². The van der Waals surface area contributed by atoms with E-state index in [2.05, 4.69) is 5.32 Å². The van der Waals surface area contributed by atoms with Crippen LogP contribution in [0.25, 0.3) is 0 Å². The summed E-state index contributed by atoms with van der Waals surface area (Å²) in [6, 6.07) is 3.92. The minimum Gasteiger partial charge on any atom is -0.481 e. The third kappa shape index (κ3) is 4.71. The van der Waals surface area contributed by atoms with Crippen molar-refractivity contribution in [2.45, 2.75) is 25.2 Å². The van der Waals surface area contributed by atoms with Crippen molar-refractivity contribution in [3.05, 3.63) is 23.2 Å². The zero-order valence-electron chi connectivity index (χ0n) is 11.8. The summed E-state index contributed by atoms with van der Waals surface area (Å²) in [5.74, 6) is -1.66. The van der Waals surface area contributed by atoms with E-state index in [-0.39, 0.29) is 22.0 Å². The standard InChI is InChI=1S/C13H16ClNO5S/c1-13(2,12(17)18)7-11(16)15-10-6-8(21(3,19)20)4-5-9(10)14/h4-6H,7H2,1-3H3,(H,15,16)(H,17,18). The van der Waals surface area contributed by atoms with Gasteiger partial charge in [-0.05, 0) is 32.0 Å². The normalized spacial score (nSPS) is 12.0. The highest BCUT2D eigenvalue weighted by Crippen LogP contribution is 2.27. The maximum absolute atomic E-state index is 11.9. The molecule has 8 heteroatoms. The van der Waals surface area contributed by atoms with Gasteiger partial charge in [0, 0.05) is 12.7 Å². The largest absolute Gasteiger partial charge is 0.481 e. The number of amides is 1. The Morgan fingerprint density at radius 1 is 1.33 bits per heavy atom. The molecule has 6 nitrogen and oxygen atoms in total. The van der Waals surface area contributed by atoms with Gasteiger partial charge in [-0.3, -0.25) is 9.59 Å². The van der Waals surface area contributed by atoms with E-state index in [1.165, 1.54) is 32.0 Å². The quantitative estimate of drug-likeness (QED) is 0.860. The Kier molecular flexibility index (Phi) is 5.01. The number of carbonyl (C=O) groups excluding carboxylic acids is 1. The summed E-state index contributed by atoms with van der Waals surface area (Å²) in [7, 11) is -3.43. The van der Waals surface area contributed by atoms with Gasteiger partial charge in [-0.2, -0.15) is 0 Å². The number of anilines is 1. The van der Waals surface area contributed by atoms with Crippen molar-refractivity contribution in [2.24, 2.45) is 5.41 Å². The second-order valence-corrected chi connectivity index (χ2v) is 7.75. The Hall–Kier alpha value is -1.60. The van der Waals surface area contributed by atoms with E-state index >= 15 is 0 Å². The van der Waals surface area contributed by atoms with Crippen LogP contribution in [0.2, 0.25) is 5.02 Å². The molecule has 0 heterocycles. The molecule has 0 aliphatic rings. The van der Waals surface area contributed by atoms with Crippen LogP contribution in [0.3, 0.4) is 0 Å². The maximum atomic E-state index is 11.9. The lowest BCUT2D eigenvalue weighted by Crippen LogP contribution is -2.29. The average molecular weight is 334 g/mol. The predicted octanol–water partition coefficient (Wildman–Crippen LogP) is 2.18. The molecule has 0 aliphatic carbocycles. The van der Waals surface area contributed by atoms with Gasteiger partial charge in [0.25, 0.3) is 0 Å². The summed E-state index contributed by atoms with van der Waals surface area (Å²) in [6.45, 7) is 2.84. The Morgan fingerprint density at radius 2 is 1.90 bits per heavy atom. The molecule has 0 bridgehead atoms. The number of hydrogen-bond acceptors (Lipinski definition) is 4. The lowest BCUT2D eigenvalue weighted by Gasteiger charge is -2.18.